The summed E-state index contributed by atoms with van der Waals surface area (Å²) >= 11 is 0. The van der Waals surface area contributed by atoms with Crippen molar-refractivity contribution in [1.82, 2.24) is 4.90 Å². The predicted molar refractivity (Wildman–Crippen MR) is 95.7 cm³/mol. The molecule has 0 bridgehead atoms. The monoisotopic (exact) mass is 334 g/mol. The normalized spacial score (nSPS) is 19.9. The fourth-order valence-corrected chi connectivity index (χ4v) is 2.98. The Morgan fingerprint density at radius 1 is 1.38 bits per heavy atom. The maximum Gasteiger partial charge on any atom is 0.254 e. The lowest BCUT2D eigenvalue weighted by molar-refractivity contribution is 0.0532. The molecule has 1 unspecified atom stereocenters. The fraction of sp³-hybridized carbons (Fsp3) is 0.632. The standard InChI is InChI=1S/C19H30N2O3/c1-5-6-11-24-15-8-7-14(12-16(15)23-4)18(22)21-10-9-17(20)19(2,3)13-21/h7-8,12,17H,5-6,9-11,13,20H2,1-4H3. The highest BCUT2D eigenvalue weighted by molar-refractivity contribution is 5.95. The van der Waals surface area contributed by atoms with Gasteiger partial charge in [0.05, 0.1) is 13.7 Å². The predicted octanol–water partition coefficient (Wildman–Crippen LogP) is 3.07. The molecule has 1 aromatic carbocycles. The second-order valence-electron chi connectivity index (χ2n) is 7.18. The third-order valence-electron chi connectivity index (χ3n) is 4.77. The molecule has 134 valence electrons. The molecule has 0 aromatic heterocycles. The molecule has 1 aliphatic heterocycles. The number of likely N-dealkylation sites (tertiary alicyclic amines) is 1. The molecule has 0 aliphatic carbocycles. The largest absolute Gasteiger partial charge is 0.493 e. The van der Waals surface area contributed by atoms with Crippen LogP contribution in [0.4, 0.5) is 0 Å². The van der Waals surface area contributed by atoms with Gasteiger partial charge in [0.2, 0.25) is 0 Å². The van der Waals surface area contributed by atoms with Crippen molar-refractivity contribution in [1.29, 1.82) is 0 Å². The first kappa shape index (κ1) is 18.6. The second kappa shape index (κ2) is 7.88. The Bertz CT molecular complexity index is 572. The van der Waals surface area contributed by atoms with Gasteiger partial charge in [-0.25, -0.2) is 0 Å². The van der Waals surface area contributed by atoms with Crippen molar-refractivity contribution >= 4 is 5.91 Å². The number of unbranched alkanes of at least 4 members (excludes halogenated alkanes) is 1. The molecular weight excluding hydrogens is 304 g/mol. The van der Waals surface area contributed by atoms with Gasteiger partial charge >= 0.3 is 0 Å². The summed E-state index contributed by atoms with van der Waals surface area (Å²) < 4.78 is 11.1. The third kappa shape index (κ3) is 4.20. The van der Waals surface area contributed by atoms with E-state index >= 15 is 0 Å². The Kier molecular flexibility index (Phi) is 6.10. The Labute approximate surface area is 145 Å². The van der Waals surface area contributed by atoms with Crippen LogP contribution in [0.15, 0.2) is 18.2 Å². The lowest BCUT2D eigenvalue weighted by atomic mass is 9.79. The van der Waals surface area contributed by atoms with Gasteiger partial charge < -0.3 is 20.1 Å². The number of nitrogens with two attached hydrogens (primary N) is 1. The molecule has 5 heteroatoms. The van der Waals surface area contributed by atoms with Gasteiger partial charge in [0, 0.05) is 24.7 Å². The number of hydrogen-bond acceptors (Lipinski definition) is 4. The van der Waals surface area contributed by atoms with E-state index < -0.39 is 0 Å². The quantitative estimate of drug-likeness (QED) is 0.812. The number of carbonyl (C=O) groups excluding carboxylic acids is 1. The van der Waals surface area contributed by atoms with Gasteiger partial charge in [-0.15, -0.1) is 0 Å². The van der Waals surface area contributed by atoms with E-state index in [-0.39, 0.29) is 17.4 Å². The van der Waals surface area contributed by atoms with Crippen LogP contribution >= 0.6 is 0 Å². The van der Waals surface area contributed by atoms with Gasteiger partial charge in [-0.1, -0.05) is 27.2 Å². The van der Waals surface area contributed by atoms with Crippen molar-refractivity contribution < 1.29 is 14.3 Å². The van der Waals surface area contributed by atoms with Crippen LogP contribution in [0.25, 0.3) is 0 Å². The summed E-state index contributed by atoms with van der Waals surface area (Å²) in [5.41, 5.74) is 6.72. The molecule has 2 N–H and O–H groups in total. The van der Waals surface area contributed by atoms with Crippen LogP contribution in [0.3, 0.4) is 0 Å². The number of nitrogens with zero attached hydrogens (tertiary/aromatic N) is 1. The van der Waals surface area contributed by atoms with Gasteiger partial charge in [0.15, 0.2) is 11.5 Å². The maximum atomic E-state index is 12.8. The number of amides is 1. The van der Waals surface area contributed by atoms with E-state index in [1.54, 1.807) is 13.2 Å². The van der Waals surface area contributed by atoms with Crippen molar-refractivity contribution in [3.8, 4) is 11.5 Å². The SMILES string of the molecule is CCCCOc1ccc(C(=O)N2CCC(N)C(C)(C)C2)cc1OC. The average molecular weight is 334 g/mol. The molecule has 2 rings (SSSR count). The molecule has 1 aromatic rings. The van der Waals surface area contributed by atoms with Crippen LogP contribution in [-0.2, 0) is 0 Å². The van der Waals surface area contributed by atoms with Crippen LogP contribution in [-0.4, -0.2) is 43.7 Å². The topological polar surface area (TPSA) is 64.8 Å². The van der Waals surface area contributed by atoms with Crippen LogP contribution in [0.5, 0.6) is 11.5 Å². The minimum absolute atomic E-state index is 0.0217. The summed E-state index contributed by atoms with van der Waals surface area (Å²) in [4.78, 5) is 14.7. The molecular formula is C19H30N2O3. The van der Waals surface area contributed by atoms with Crippen molar-refractivity contribution in [3.05, 3.63) is 23.8 Å². The number of methoxy groups -OCH3 is 1. The summed E-state index contributed by atoms with van der Waals surface area (Å²) in [6.45, 7) is 8.36. The van der Waals surface area contributed by atoms with Crippen LogP contribution in [0, 0.1) is 5.41 Å². The van der Waals surface area contributed by atoms with Crippen LogP contribution in [0.2, 0.25) is 0 Å². The molecule has 0 radical (unpaired) electrons. The first-order valence-electron chi connectivity index (χ1n) is 8.74. The molecule has 5 nitrogen and oxygen atoms in total. The molecule has 1 atom stereocenters. The van der Waals surface area contributed by atoms with E-state index in [4.69, 9.17) is 15.2 Å². The summed E-state index contributed by atoms with van der Waals surface area (Å²) in [5, 5.41) is 0. The first-order valence-corrected chi connectivity index (χ1v) is 8.74. The number of rotatable bonds is 6. The smallest absolute Gasteiger partial charge is 0.254 e. The van der Waals surface area contributed by atoms with Crippen molar-refractivity contribution in [2.75, 3.05) is 26.8 Å². The highest BCUT2D eigenvalue weighted by atomic mass is 16.5. The zero-order chi connectivity index (χ0) is 17.7. The van der Waals surface area contributed by atoms with Crippen molar-refractivity contribution in [3.63, 3.8) is 0 Å². The van der Waals surface area contributed by atoms with Crippen molar-refractivity contribution in [2.45, 2.75) is 46.1 Å². The fourth-order valence-electron chi connectivity index (χ4n) is 2.98. The average Bonchev–Trinajstić information content (AvgIpc) is 2.57. The van der Waals surface area contributed by atoms with Crippen molar-refractivity contribution in [2.24, 2.45) is 11.1 Å². The summed E-state index contributed by atoms with van der Waals surface area (Å²) in [7, 11) is 1.60. The zero-order valence-electron chi connectivity index (χ0n) is 15.3. The highest BCUT2D eigenvalue weighted by Gasteiger charge is 2.35. The number of piperidine rings is 1. The number of carbonyl (C=O) groups is 1. The Morgan fingerprint density at radius 3 is 2.75 bits per heavy atom. The summed E-state index contributed by atoms with van der Waals surface area (Å²) in [6.07, 6.45) is 2.90. The van der Waals surface area contributed by atoms with E-state index in [0.717, 1.165) is 19.3 Å². The third-order valence-corrected chi connectivity index (χ3v) is 4.77. The first-order chi connectivity index (χ1) is 11.4. The maximum absolute atomic E-state index is 12.8. The van der Waals surface area contributed by atoms with Gasteiger partial charge in [-0.2, -0.15) is 0 Å². The minimum atomic E-state index is -0.0683. The lowest BCUT2D eigenvalue weighted by Crippen LogP contribution is -2.53. The highest BCUT2D eigenvalue weighted by Crippen LogP contribution is 2.31. The lowest BCUT2D eigenvalue weighted by Gasteiger charge is -2.42. The van der Waals surface area contributed by atoms with E-state index in [0.29, 0.717) is 36.8 Å². The zero-order valence-corrected chi connectivity index (χ0v) is 15.3. The van der Waals surface area contributed by atoms with Gasteiger partial charge in [-0.05, 0) is 36.5 Å². The van der Waals surface area contributed by atoms with E-state index in [9.17, 15) is 4.79 Å². The van der Waals surface area contributed by atoms with E-state index in [1.807, 2.05) is 17.0 Å². The van der Waals surface area contributed by atoms with E-state index in [2.05, 4.69) is 20.8 Å². The molecule has 1 amide bonds. The molecule has 1 heterocycles. The number of benzene rings is 1. The molecule has 1 aliphatic rings. The van der Waals surface area contributed by atoms with Gasteiger partial charge in [0.25, 0.3) is 5.91 Å². The number of hydrogen-bond donors (Lipinski definition) is 1. The Morgan fingerprint density at radius 2 is 2.12 bits per heavy atom. The Balaban J connectivity index is 2.12. The molecule has 0 spiro atoms. The molecule has 1 fully saturated rings. The summed E-state index contributed by atoms with van der Waals surface area (Å²) in [6, 6.07) is 5.53. The van der Waals surface area contributed by atoms with Crippen LogP contribution < -0.4 is 15.2 Å². The van der Waals surface area contributed by atoms with Crippen LogP contribution in [0.1, 0.15) is 50.4 Å². The molecule has 24 heavy (non-hydrogen) atoms. The minimum Gasteiger partial charge on any atom is -0.493 e. The molecule has 0 saturated carbocycles. The van der Waals surface area contributed by atoms with E-state index in [1.165, 1.54) is 0 Å². The number of ether oxygens (including phenoxy) is 2. The second-order valence-corrected chi connectivity index (χ2v) is 7.18. The Hall–Kier alpha value is -1.75. The van der Waals surface area contributed by atoms with Gasteiger partial charge in [-0.3, -0.25) is 4.79 Å². The van der Waals surface area contributed by atoms with Gasteiger partial charge in [0.1, 0.15) is 0 Å². The molecule has 1 saturated heterocycles. The summed E-state index contributed by atoms with van der Waals surface area (Å²) in [5.74, 6) is 1.31.